The molecule has 0 bridgehead atoms. The van der Waals surface area contributed by atoms with E-state index in [2.05, 4.69) is 10.3 Å². The fraction of sp³-hybridized carbons (Fsp3) is 0.440. The molecule has 0 saturated carbocycles. The molecule has 2 aliphatic rings. The Morgan fingerprint density at radius 3 is 2.86 bits per heavy atom. The number of carbonyl (C=O) groups excluding carboxylic acids is 1. The second-order valence-corrected chi connectivity index (χ2v) is 10.6. The Bertz CT molecular complexity index is 1350. The molecule has 11 heteroatoms. The van der Waals surface area contributed by atoms with Gasteiger partial charge in [-0.2, -0.15) is 0 Å². The van der Waals surface area contributed by atoms with Gasteiger partial charge in [0.25, 0.3) is 5.91 Å². The van der Waals surface area contributed by atoms with Crippen LogP contribution in [0.4, 0.5) is 20.2 Å². The van der Waals surface area contributed by atoms with Crippen LogP contribution in [0, 0.1) is 31.4 Å². The highest BCUT2D eigenvalue weighted by atomic mass is 32.1. The smallest absolute Gasteiger partial charge is 0.263 e. The lowest BCUT2D eigenvalue weighted by molar-refractivity contribution is 0.0918. The van der Waals surface area contributed by atoms with Gasteiger partial charge in [0.05, 0.1) is 24.0 Å². The Balaban J connectivity index is 1.35. The average molecular weight is 518 g/mol. The van der Waals surface area contributed by atoms with Crippen molar-refractivity contribution in [2.24, 2.45) is 11.7 Å². The van der Waals surface area contributed by atoms with Gasteiger partial charge >= 0.3 is 0 Å². The Kier molecular flexibility index (Phi) is 6.48. The molecule has 0 aliphatic carbocycles. The van der Waals surface area contributed by atoms with Gasteiger partial charge in [-0.15, -0.1) is 11.3 Å². The Morgan fingerprint density at radius 2 is 2.11 bits per heavy atom. The molecule has 0 unspecified atom stereocenters. The molecule has 1 amide bonds. The zero-order chi connectivity index (χ0) is 25.7. The number of nitrogen functional groups attached to an aromatic ring is 1. The van der Waals surface area contributed by atoms with Gasteiger partial charge in [-0.05, 0) is 25.5 Å². The number of aromatic nitrogens is 1. The number of benzene rings is 1. The highest BCUT2D eigenvalue weighted by Gasteiger charge is 2.35. The number of pyridine rings is 1. The Labute approximate surface area is 211 Å². The number of nitrogens with one attached hydrogen (secondary N) is 1. The van der Waals surface area contributed by atoms with E-state index < -0.39 is 23.6 Å². The molecule has 1 aromatic carbocycles. The van der Waals surface area contributed by atoms with Crippen LogP contribution in [0.2, 0.25) is 0 Å². The van der Waals surface area contributed by atoms with Crippen LogP contribution >= 0.6 is 11.3 Å². The highest BCUT2D eigenvalue weighted by Crippen LogP contribution is 2.39. The molecular formula is C25H29F2N5O3S. The largest absolute Gasteiger partial charge is 0.488 e. The number of nitrogens with two attached hydrogens (primary N) is 2. The summed E-state index contributed by atoms with van der Waals surface area (Å²) in [6.07, 6.45) is 0.0944. The van der Waals surface area contributed by atoms with E-state index in [9.17, 15) is 4.79 Å². The molecule has 0 radical (unpaired) electrons. The standard InChI is InChI=1S/C25H29F2N5O3S/c1-11-4-12(2)30-25-19(11)21(29)23(36-25)24(33)31-14-5-15-16(26)6-18(20(27)22(15)35-10-14)32-7-13(9-34-3)17(28)8-32/h4,6,13-14,17H,5,7-10,28-29H2,1-3H3,(H,31,33)/t13-,14-,17-/m1/s1. The summed E-state index contributed by atoms with van der Waals surface area (Å²) in [5.74, 6) is -1.68. The maximum Gasteiger partial charge on any atom is 0.263 e. The van der Waals surface area contributed by atoms with Crippen molar-refractivity contribution in [1.82, 2.24) is 10.3 Å². The molecule has 4 heterocycles. The van der Waals surface area contributed by atoms with Crippen LogP contribution in [-0.2, 0) is 11.2 Å². The minimum atomic E-state index is -0.618. The number of fused-ring (bicyclic) bond motifs is 2. The Morgan fingerprint density at radius 1 is 1.33 bits per heavy atom. The van der Waals surface area contributed by atoms with Gasteiger partial charge in [0.2, 0.25) is 0 Å². The Hall–Kier alpha value is -3.02. The van der Waals surface area contributed by atoms with Crippen LogP contribution in [0.25, 0.3) is 10.2 Å². The molecule has 192 valence electrons. The number of carbonyl (C=O) groups is 1. The first kappa shape index (κ1) is 24.7. The number of thiophene rings is 1. The number of hydrogen-bond donors (Lipinski definition) is 3. The number of nitrogens with zero attached hydrogens (tertiary/aromatic N) is 2. The monoisotopic (exact) mass is 517 g/mol. The predicted molar refractivity (Wildman–Crippen MR) is 136 cm³/mol. The first-order chi connectivity index (χ1) is 17.2. The number of amides is 1. The summed E-state index contributed by atoms with van der Waals surface area (Å²) in [6.45, 7) is 5.12. The number of methoxy groups -OCH3 is 1. The van der Waals surface area contributed by atoms with E-state index in [1.54, 1.807) is 12.0 Å². The van der Waals surface area contributed by atoms with Crippen molar-refractivity contribution in [3.8, 4) is 5.75 Å². The maximum absolute atomic E-state index is 15.4. The first-order valence-corrected chi connectivity index (χ1v) is 12.6. The van der Waals surface area contributed by atoms with Crippen LogP contribution in [-0.4, -0.2) is 56.4 Å². The summed E-state index contributed by atoms with van der Waals surface area (Å²) in [5.41, 5.74) is 14.8. The van der Waals surface area contributed by atoms with E-state index in [1.165, 1.54) is 17.4 Å². The molecule has 5 N–H and O–H groups in total. The average Bonchev–Trinajstić information content (AvgIpc) is 3.36. The van der Waals surface area contributed by atoms with Crippen molar-refractivity contribution in [1.29, 1.82) is 0 Å². The van der Waals surface area contributed by atoms with Gasteiger partial charge in [-0.1, -0.05) is 0 Å². The lowest BCUT2D eigenvalue weighted by Crippen LogP contribution is -2.43. The van der Waals surface area contributed by atoms with Crippen molar-refractivity contribution in [2.45, 2.75) is 32.4 Å². The number of aryl methyl sites for hydroxylation is 2. The molecule has 3 aromatic rings. The van der Waals surface area contributed by atoms with Gasteiger partial charge in [0, 0.05) is 61.3 Å². The van der Waals surface area contributed by atoms with Gasteiger partial charge in [0.1, 0.15) is 22.1 Å². The van der Waals surface area contributed by atoms with E-state index in [1.807, 2.05) is 19.9 Å². The third kappa shape index (κ3) is 4.25. The van der Waals surface area contributed by atoms with Crippen molar-refractivity contribution < 1.29 is 23.0 Å². The maximum atomic E-state index is 15.4. The number of rotatable bonds is 5. The normalized spacial score (nSPS) is 21.5. The van der Waals surface area contributed by atoms with Gasteiger partial charge in [0.15, 0.2) is 11.6 Å². The van der Waals surface area contributed by atoms with E-state index >= 15 is 8.78 Å². The predicted octanol–water partition coefficient (Wildman–Crippen LogP) is 2.92. The summed E-state index contributed by atoms with van der Waals surface area (Å²) < 4.78 is 41.4. The third-order valence-electron chi connectivity index (χ3n) is 6.91. The van der Waals surface area contributed by atoms with Crippen LogP contribution in [0.5, 0.6) is 5.75 Å². The minimum Gasteiger partial charge on any atom is -0.488 e. The van der Waals surface area contributed by atoms with Crippen LogP contribution in [0.3, 0.4) is 0 Å². The van der Waals surface area contributed by atoms with E-state index in [-0.39, 0.29) is 42.0 Å². The fourth-order valence-corrected chi connectivity index (χ4v) is 6.27. The molecule has 2 aromatic heterocycles. The van der Waals surface area contributed by atoms with Gasteiger partial charge < -0.3 is 31.2 Å². The molecule has 3 atom stereocenters. The molecule has 5 rings (SSSR count). The van der Waals surface area contributed by atoms with E-state index in [4.69, 9.17) is 20.9 Å². The van der Waals surface area contributed by atoms with Crippen LogP contribution < -0.4 is 26.4 Å². The van der Waals surface area contributed by atoms with Crippen molar-refractivity contribution >= 4 is 38.8 Å². The summed E-state index contributed by atoms with van der Waals surface area (Å²) in [6, 6.07) is 2.35. The zero-order valence-corrected chi connectivity index (χ0v) is 21.2. The summed E-state index contributed by atoms with van der Waals surface area (Å²) in [5, 5.41) is 3.62. The van der Waals surface area contributed by atoms with Crippen molar-refractivity contribution in [3.63, 3.8) is 0 Å². The number of halogens is 2. The molecule has 1 saturated heterocycles. The summed E-state index contributed by atoms with van der Waals surface area (Å²) in [7, 11) is 1.59. The zero-order valence-electron chi connectivity index (χ0n) is 20.4. The van der Waals surface area contributed by atoms with Crippen molar-refractivity contribution in [3.05, 3.63) is 45.5 Å². The lowest BCUT2D eigenvalue weighted by atomic mass is 10.0. The van der Waals surface area contributed by atoms with Gasteiger partial charge in [-0.3, -0.25) is 4.79 Å². The molecule has 8 nitrogen and oxygen atoms in total. The van der Waals surface area contributed by atoms with E-state index in [0.717, 1.165) is 16.6 Å². The number of anilines is 2. The summed E-state index contributed by atoms with van der Waals surface area (Å²) in [4.78, 5) is 20.3. The van der Waals surface area contributed by atoms with Gasteiger partial charge in [-0.25, -0.2) is 13.8 Å². The fourth-order valence-electron chi connectivity index (χ4n) is 5.15. The van der Waals surface area contributed by atoms with Crippen molar-refractivity contribution in [2.75, 3.05) is 44.0 Å². The second kappa shape index (κ2) is 9.45. The van der Waals surface area contributed by atoms with Crippen LogP contribution in [0.1, 0.15) is 26.5 Å². The topological polar surface area (TPSA) is 116 Å². The molecular weight excluding hydrogens is 488 g/mol. The highest BCUT2D eigenvalue weighted by molar-refractivity contribution is 7.21. The first-order valence-electron chi connectivity index (χ1n) is 11.8. The number of hydrogen-bond acceptors (Lipinski definition) is 8. The van der Waals surface area contributed by atoms with E-state index in [0.29, 0.717) is 35.1 Å². The number of ether oxygens (including phenoxy) is 2. The third-order valence-corrected chi connectivity index (χ3v) is 8.01. The summed E-state index contributed by atoms with van der Waals surface area (Å²) >= 11 is 1.21. The molecule has 36 heavy (non-hydrogen) atoms. The lowest BCUT2D eigenvalue weighted by Gasteiger charge is -2.29. The molecule has 1 fully saturated rings. The molecule has 2 aliphatic heterocycles. The minimum absolute atomic E-state index is 0.00551. The quantitative estimate of drug-likeness (QED) is 0.477. The second-order valence-electron chi connectivity index (χ2n) is 9.57. The SMILES string of the molecule is COC[C@H]1CN(c2cc(F)c3c(c2F)OC[C@H](NC(=O)c2sc4nc(C)cc(C)c4c2N)C3)C[C@H]1N. The molecule has 0 spiro atoms. The van der Waals surface area contributed by atoms with Crippen LogP contribution in [0.15, 0.2) is 12.1 Å².